The van der Waals surface area contributed by atoms with Crippen molar-refractivity contribution in [2.24, 2.45) is 0 Å². The van der Waals surface area contributed by atoms with Crippen molar-refractivity contribution in [3.05, 3.63) is 94.6 Å². The van der Waals surface area contributed by atoms with Crippen LogP contribution in [-0.4, -0.2) is 50.3 Å². The Morgan fingerprint density at radius 2 is 1.64 bits per heavy atom. The molecular weight excluding hydrogens is 581 g/mol. The number of halogens is 5. The summed E-state index contributed by atoms with van der Waals surface area (Å²) in [5, 5.41) is 9.07. The number of ether oxygens (including phenoxy) is 1. The van der Waals surface area contributed by atoms with Crippen molar-refractivity contribution >= 4 is 15.8 Å². The number of hydrogen-bond acceptors (Lipinski definition) is 5. The number of alkyl halides is 3. The van der Waals surface area contributed by atoms with E-state index >= 15 is 0 Å². The lowest BCUT2D eigenvalue weighted by molar-refractivity contribution is -0.140. The Labute approximate surface area is 241 Å². The molecule has 228 valence electrons. The van der Waals surface area contributed by atoms with Gasteiger partial charge in [-0.2, -0.15) is 13.2 Å². The largest absolute Gasteiger partial charge is 0.494 e. The molecule has 3 aromatic carbocycles. The quantitative estimate of drug-likeness (QED) is 0.181. The van der Waals surface area contributed by atoms with Gasteiger partial charge < -0.3 is 9.84 Å². The standard InChI is InChI=1S/C30H32F5NO5S/c1-29(2,22-9-11-23(31)12-10-22)19-36(18-21-6-4-7-25(28(21)32)30(33,34)35)14-5-15-41-24-13-8-20(16-27(37)38)26(17-24)42(3,39)40/h4,6-13,17H,5,14-16,18-19H2,1-3H3,(H,37,38). The molecule has 3 aromatic rings. The molecule has 0 amide bonds. The van der Waals surface area contributed by atoms with E-state index in [-0.39, 0.29) is 48.0 Å². The van der Waals surface area contributed by atoms with Crippen LogP contribution in [0.2, 0.25) is 0 Å². The highest BCUT2D eigenvalue weighted by atomic mass is 32.2. The molecule has 42 heavy (non-hydrogen) atoms. The maximum atomic E-state index is 14.9. The van der Waals surface area contributed by atoms with Gasteiger partial charge in [-0.05, 0) is 47.9 Å². The second kappa shape index (κ2) is 13.2. The number of carboxylic acids is 1. The minimum absolute atomic E-state index is 0.0834. The van der Waals surface area contributed by atoms with Crippen LogP contribution in [0.15, 0.2) is 65.6 Å². The Morgan fingerprint density at radius 1 is 0.976 bits per heavy atom. The van der Waals surface area contributed by atoms with Gasteiger partial charge in [0.25, 0.3) is 0 Å². The smallest absolute Gasteiger partial charge is 0.419 e. The lowest BCUT2D eigenvalue weighted by atomic mass is 9.84. The topological polar surface area (TPSA) is 83.9 Å². The molecular formula is C30H32F5NO5S. The Bertz CT molecular complexity index is 1510. The van der Waals surface area contributed by atoms with Gasteiger partial charge in [0, 0.05) is 36.9 Å². The van der Waals surface area contributed by atoms with Crippen LogP contribution in [0.1, 0.15) is 42.5 Å². The molecule has 3 rings (SSSR count). The van der Waals surface area contributed by atoms with Crippen LogP contribution in [0.3, 0.4) is 0 Å². The Balaban J connectivity index is 1.79. The average Bonchev–Trinajstić information content (AvgIpc) is 2.87. The summed E-state index contributed by atoms with van der Waals surface area (Å²) >= 11 is 0. The highest BCUT2D eigenvalue weighted by Gasteiger charge is 2.35. The molecule has 0 aromatic heterocycles. The van der Waals surface area contributed by atoms with E-state index in [1.54, 1.807) is 17.0 Å². The summed E-state index contributed by atoms with van der Waals surface area (Å²) in [4.78, 5) is 12.7. The summed E-state index contributed by atoms with van der Waals surface area (Å²) in [6, 6.07) is 13.1. The zero-order valence-electron chi connectivity index (χ0n) is 23.3. The van der Waals surface area contributed by atoms with Crippen molar-refractivity contribution in [1.29, 1.82) is 0 Å². The van der Waals surface area contributed by atoms with Crippen LogP contribution in [0.25, 0.3) is 0 Å². The van der Waals surface area contributed by atoms with Crippen LogP contribution in [-0.2, 0) is 39.2 Å². The van der Waals surface area contributed by atoms with Crippen molar-refractivity contribution in [1.82, 2.24) is 4.90 Å². The first kappa shape index (κ1) is 33.0. The maximum absolute atomic E-state index is 14.9. The molecule has 0 aliphatic carbocycles. The molecule has 6 nitrogen and oxygen atoms in total. The van der Waals surface area contributed by atoms with Crippen molar-refractivity contribution in [2.75, 3.05) is 26.0 Å². The van der Waals surface area contributed by atoms with Crippen LogP contribution in [0, 0.1) is 11.6 Å². The molecule has 0 atom stereocenters. The third-order valence-electron chi connectivity index (χ3n) is 6.69. The van der Waals surface area contributed by atoms with E-state index in [1.807, 2.05) is 13.8 Å². The lowest BCUT2D eigenvalue weighted by Crippen LogP contribution is -2.38. The summed E-state index contributed by atoms with van der Waals surface area (Å²) in [7, 11) is -3.74. The first-order chi connectivity index (χ1) is 19.5. The Hall–Kier alpha value is -3.51. The maximum Gasteiger partial charge on any atom is 0.419 e. The molecule has 0 aliphatic rings. The van der Waals surface area contributed by atoms with E-state index in [0.29, 0.717) is 12.5 Å². The number of carbonyl (C=O) groups is 1. The van der Waals surface area contributed by atoms with Crippen LogP contribution in [0.4, 0.5) is 22.0 Å². The number of carboxylic acid groups (broad SMARTS) is 1. The highest BCUT2D eigenvalue weighted by Crippen LogP contribution is 2.33. The number of hydrogen-bond donors (Lipinski definition) is 1. The summed E-state index contributed by atoms with van der Waals surface area (Å²) in [6.07, 6.45) is -4.03. The van der Waals surface area contributed by atoms with Gasteiger partial charge in [-0.3, -0.25) is 9.69 Å². The van der Waals surface area contributed by atoms with Gasteiger partial charge in [0.1, 0.15) is 17.4 Å². The fraction of sp³-hybridized carbons (Fsp3) is 0.367. The van der Waals surface area contributed by atoms with Crippen LogP contribution >= 0.6 is 0 Å². The summed E-state index contributed by atoms with van der Waals surface area (Å²) in [5.41, 5.74) is -1.17. The highest BCUT2D eigenvalue weighted by molar-refractivity contribution is 7.90. The number of rotatable bonds is 13. The zero-order chi connectivity index (χ0) is 31.3. The molecule has 0 fully saturated rings. The number of benzene rings is 3. The Kier molecular flexibility index (Phi) is 10.4. The van der Waals surface area contributed by atoms with Gasteiger partial charge in [-0.25, -0.2) is 17.2 Å². The van der Waals surface area contributed by atoms with Crippen molar-refractivity contribution in [3.8, 4) is 5.75 Å². The molecule has 0 aliphatic heterocycles. The van der Waals surface area contributed by atoms with Gasteiger partial charge in [0.15, 0.2) is 9.84 Å². The molecule has 0 spiro atoms. The van der Waals surface area contributed by atoms with Gasteiger partial charge in [0.05, 0.1) is 23.5 Å². The lowest BCUT2D eigenvalue weighted by Gasteiger charge is -2.33. The normalized spacial score (nSPS) is 12.5. The number of nitrogens with zero attached hydrogens (tertiary/aromatic N) is 1. The fourth-order valence-corrected chi connectivity index (χ4v) is 5.63. The number of sulfone groups is 1. The van der Waals surface area contributed by atoms with E-state index < -0.39 is 51.0 Å². The second-order valence-electron chi connectivity index (χ2n) is 10.7. The molecule has 0 bridgehead atoms. The third-order valence-corrected chi connectivity index (χ3v) is 7.87. The first-order valence-electron chi connectivity index (χ1n) is 13.0. The molecule has 12 heteroatoms. The minimum Gasteiger partial charge on any atom is -0.494 e. The zero-order valence-corrected chi connectivity index (χ0v) is 24.2. The third kappa shape index (κ3) is 8.99. The van der Waals surface area contributed by atoms with Crippen LogP contribution < -0.4 is 4.74 Å². The van der Waals surface area contributed by atoms with E-state index in [0.717, 1.165) is 17.9 Å². The van der Waals surface area contributed by atoms with Crippen molar-refractivity contribution in [2.45, 2.75) is 49.7 Å². The molecule has 1 N–H and O–H groups in total. The molecule has 0 saturated heterocycles. The summed E-state index contributed by atoms with van der Waals surface area (Å²) in [5.74, 6) is -2.74. The van der Waals surface area contributed by atoms with E-state index in [2.05, 4.69) is 0 Å². The van der Waals surface area contributed by atoms with Gasteiger partial charge in [0.2, 0.25) is 0 Å². The molecule has 0 saturated carbocycles. The average molecular weight is 614 g/mol. The monoisotopic (exact) mass is 613 g/mol. The predicted molar refractivity (Wildman–Crippen MR) is 147 cm³/mol. The van der Waals surface area contributed by atoms with E-state index in [9.17, 15) is 35.2 Å². The summed E-state index contributed by atoms with van der Waals surface area (Å²) in [6.45, 7) is 4.28. The van der Waals surface area contributed by atoms with E-state index in [4.69, 9.17) is 9.84 Å². The van der Waals surface area contributed by atoms with Crippen LogP contribution in [0.5, 0.6) is 5.75 Å². The van der Waals surface area contributed by atoms with Gasteiger partial charge in [-0.1, -0.05) is 44.2 Å². The molecule has 0 heterocycles. The predicted octanol–water partition coefficient (Wildman–Crippen LogP) is 6.26. The number of aliphatic carboxylic acids is 1. The molecule has 0 radical (unpaired) electrons. The summed E-state index contributed by atoms with van der Waals surface area (Å²) < 4.78 is 98.4. The van der Waals surface area contributed by atoms with Gasteiger partial charge >= 0.3 is 12.1 Å². The SMILES string of the molecule is CC(C)(CN(CCCOc1ccc(CC(=O)O)c(S(C)(=O)=O)c1)Cc1cccc(C(F)(F)F)c1F)c1ccc(F)cc1. The fourth-order valence-electron chi connectivity index (χ4n) is 4.68. The van der Waals surface area contributed by atoms with Crippen molar-refractivity contribution in [3.63, 3.8) is 0 Å². The first-order valence-corrected chi connectivity index (χ1v) is 14.9. The molecule has 0 unspecified atom stereocenters. The Morgan fingerprint density at radius 3 is 2.24 bits per heavy atom. The second-order valence-corrected chi connectivity index (χ2v) is 12.7. The van der Waals surface area contributed by atoms with Gasteiger partial charge in [-0.15, -0.1) is 0 Å². The minimum atomic E-state index is -4.85. The van der Waals surface area contributed by atoms with Crippen molar-refractivity contribution < 1.29 is 45.0 Å². The van der Waals surface area contributed by atoms with E-state index in [1.165, 1.54) is 36.4 Å².